The van der Waals surface area contributed by atoms with Crippen molar-refractivity contribution in [3.05, 3.63) is 34.3 Å². The van der Waals surface area contributed by atoms with Crippen LogP contribution in [0.1, 0.15) is 0 Å². The summed E-state index contributed by atoms with van der Waals surface area (Å²) in [5.74, 6) is 0.889. The molecule has 0 aromatic rings. The molecule has 0 saturated heterocycles. The van der Waals surface area contributed by atoms with E-state index >= 15 is 0 Å². The van der Waals surface area contributed by atoms with E-state index in [1.54, 1.807) is 6.34 Å². The lowest BCUT2D eigenvalue weighted by Gasteiger charge is -2.26. The summed E-state index contributed by atoms with van der Waals surface area (Å²) >= 11 is 6.14. The van der Waals surface area contributed by atoms with E-state index < -0.39 is 0 Å². The van der Waals surface area contributed by atoms with Crippen molar-refractivity contribution in [2.24, 2.45) is 5.10 Å². The molecule has 0 bridgehead atoms. The number of ether oxygens (including phenoxy) is 1. The summed E-state index contributed by atoms with van der Waals surface area (Å²) in [6.07, 6.45) is 5.70. The maximum absolute atomic E-state index is 6.14. The number of hydrogen-bond acceptors (Lipinski definition) is 6. The van der Waals surface area contributed by atoms with Gasteiger partial charge in [0.2, 0.25) is 0 Å². The molecule has 1 unspecified atom stereocenters. The highest BCUT2D eigenvalue weighted by Crippen LogP contribution is 2.23. The number of hydrazone groups is 1. The van der Waals surface area contributed by atoms with E-state index in [-0.39, 0.29) is 6.17 Å². The van der Waals surface area contributed by atoms with Gasteiger partial charge in [0.15, 0.2) is 6.17 Å². The molecule has 0 spiro atoms. The smallest absolute Gasteiger partial charge is 0.150 e. The summed E-state index contributed by atoms with van der Waals surface area (Å²) in [5.41, 5.74) is 1.93. The van der Waals surface area contributed by atoms with Crippen molar-refractivity contribution in [2.75, 3.05) is 26.7 Å². The van der Waals surface area contributed by atoms with E-state index in [9.17, 15) is 0 Å². The first-order valence-corrected chi connectivity index (χ1v) is 6.54. The first-order valence-electron chi connectivity index (χ1n) is 6.17. The molecule has 0 radical (unpaired) electrons. The van der Waals surface area contributed by atoms with Crippen LogP contribution in [-0.4, -0.2) is 44.3 Å². The molecule has 3 N–H and O–H groups in total. The summed E-state index contributed by atoms with van der Waals surface area (Å²) < 4.78 is 5.80. The first-order chi connectivity index (χ1) is 9.24. The van der Waals surface area contributed by atoms with Crippen LogP contribution < -0.4 is 16.0 Å². The number of allylic oxidation sites excluding steroid dienone is 2. The van der Waals surface area contributed by atoms with Gasteiger partial charge in [-0.3, -0.25) is 5.01 Å². The first kappa shape index (κ1) is 12.2. The van der Waals surface area contributed by atoms with E-state index in [1.165, 1.54) is 0 Å². The molecule has 0 aliphatic carbocycles. The molecule has 0 aromatic carbocycles. The Balaban J connectivity index is 1.62. The van der Waals surface area contributed by atoms with Crippen molar-refractivity contribution in [3.8, 4) is 0 Å². The minimum Gasteiger partial charge on any atom is -0.492 e. The van der Waals surface area contributed by atoms with Crippen molar-refractivity contribution in [2.45, 2.75) is 6.17 Å². The van der Waals surface area contributed by atoms with E-state index in [1.807, 2.05) is 24.2 Å². The Labute approximate surface area is 116 Å². The predicted molar refractivity (Wildman–Crippen MR) is 74.2 cm³/mol. The predicted octanol–water partition coefficient (Wildman–Crippen LogP) is 0.232. The normalized spacial score (nSPS) is 24.9. The molecule has 102 valence electrons. The monoisotopic (exact) mass is 281 g/mol. The van der Waals surface area contributed by atoms with Gasteiger partial charge in [-0.25, -0.2) is 0 Å². The van der Waals surface area contributed by atoms with Gasteiger partial charge in [-0.1, -0.05) is 11.6 Å². The van der Waals surface area contributed by atoms with Crippen LogP contribution in [0.25, 0.3) is 0 Å². The van der Waals surface area contributed by atoms with Gasteiger partial charge < -0.3 is 20.7 Å². The van der Waals surface area contributed by atoms with E-state index in [0.717, 1.165) is 28.7 Å². The number of halogens is 1. The van der Waals surface area contributed by atoms with Gasteiger partial charge in [0.25, 0.3) is 0 Å². The van der Waals surface area contributed by atoms with Crippen LogP contribution in [0.5, 0.6) is 0 Å². The summed E-state index contributed by atoms with van der Waals surface area (Å²) in [7, 11) is 1.91. The second-order valence-corrected chi connectivity index (χ2v) is 4.90. The standard InChI is InChI=1S/C12H16ClN5O/c1-18-11(16-7-17-18)6-19-8-4-10-12(15-5-8)9(13)2-3-14-10/h2,4,7,11,14-15H,3,5-6H2,1H3,(H,16,17). The zero-order valence-electron chi connectivity index (χ0n) is 10.6. The Morgan fingerprint density at radius 2 is 2.42 bits per heavy atom. The van der Waals surface area contributed by atoms with Gasteiger partial charge in [0.1, 0.15) is 18.7 Å². The van der Waals surface area contributed by atoms with Gasteiger partial charge in [0, 0.05) is 19.7 Å². The Hall–Kier alpha value is -1.82. The third-order valence-electron chi connectivity index (χ3n) is 3.21. The fraction of sp³-hybridized carbons (Fsp3) is 0.417. The maximum atomic E-state index is 6.14. The van der Waals surface area contributed by atoms with Crippen LogP contribution in [0, 0.1) is 0 Å². The molecule has 3 aliphatic heterocycles. The summed E-state index contributed by atoms with van der Waals surface area (Å²) in [4.78, 5) is 0. The molecule has 0 amide bonds. The molecule has 3 aliphatic rings. The summed E-state index contributed by atoms with van der Waals surface area (Å²) in [6.45, 7) is 1.92. The minimum atomic E-state index is 0.0825. The molecule has 3 rings (SSSR count). The van der Waals surface area contributed by atoms with E-state index in [2.05, 4.69) is 21.1 Å². The minimum absolute atomic E-state index is 0.0825. The van der Waals surface area contributed by atoms with Crippen LogP contribution in [0.4, 0.5) is 0 Å². The average Bonchev–Trinajstić information content (AvgIpc) is 2.82. The summed E-state index contributed by atoms with van der Waals surface area (Å²) in [5, 5.41) is 16.3. The van der Waals surface area contributed by atoms with Crippen molar-refractivity contribution < 1.29 is 4.74 Å². The lowest BCUT2D eigenvalue weighted by Crippen LogP contribution is -2.39. The fourth-order valence-corrected chi connectivity index (χ4v) is 2.34. The molecule has 7 heteroatoms. The topological polar surface area (TPSA) is 60.9 Å². The van der Waals surface area contributed by atoms with E-state index in [0.29, 0.717) is 13.2 Å². The highest BCUT2D eigenvalue weighted by molar-refractivity contribution is 6.32. The Morgan fingerprint density at radius 3 is 3.21 bits per heavy atom. The van der Waals surface area contributed by atoms with Crippen LogP contribution in [0.3, 0.4) is 0 Å². The highest BCUT2D eigenvalue weighted by Gasteiger charge is 2.21. The van der Waals surface area contributed by atoms with Gasteiger partial charge in [-0.15, -0.1) is 0 Å². The molecule has 6 nitrogen and oxygen atoms in total. The number of nitrogens with one attached hydrogen (secondary N) is 3. The molecular formula is C12H16ClN5O. The number of nitrogens with zero attached hydrogens (tertiary/aromatic N) is 2. The maximum Gasteiger partial charge on any atom is 0.150 e. The quantitative estimate of drug-likeness (QED) is 0.691. The number of hydrogen-bond donors (Lipinski definition) is 3. The number of dihydropyridines is 2. The Morgan fingerprint density at radius 1 is 1.53 bits per heavy atom. The lowest BCUT2D eigenvalue weighted by atomic mass is 10.1. The number of likely N-dealkylation sites (N-methyl/N-ethyl adjacent to an activating group) is 1. The molecule has 0 fully saturated rings. The third kappa shape index (κ3) is 2.49. The van der Waals surface area contributed by atoms with Crippen molar-refractivity contribution in [3.63, 3.8) is 0 Å². The second-order valence-electron chi connectivity index (χ2n) is 4.50. The van der Waals surface area contributed by atoms with E-state index in [4.69, 9.17) is 16.3 Å². The summed E-state index contributed by atoms with van der Waals surface area (Å²) in [6, 6.07) is 0. The van der Waals surface area contributed by atoms with Crippen LogP contribution in [-0.2, 0) is 4.74 Å². The Bertz CT molecular complexity index is 496. The van der Waals surface area contributed by atoms with Crippen LogP contribution >= 0.6 is 11.6 Å². The van der Waals surface area contributed by atoms with Gasteiger partial charge >= 0.3 is 0 Å². The average molecular weight is 282 g/mol. The lowest BCUT2D eigenvalue weighted by molar-refractivity contribution is 0.117. The SMILES string of the molecule is CN1N=CNC1COC1=CC2=C(NC1)C(Cl)=CCN2. The van der Waals surface area contributed by atoms with Crippen molar-refractivity contribution in [1.29, 1.82) is 0 Å². The largest absolute Gasteiger partial charge is 0.492 e. The van der Waals surface area contributed by atoms with Crippen LogP contribution in [0.2, 0.25) is 0 Å². The van der Waals surface area contributed by atoms with Gasteiger partial charge in [-0.2, -0.15) is 5.10 Å². The highest BCUT2D eigenvalue weighted by atomic mass is 35.5. The van der Waals surface area contributed by atoms with Crippen molar-refractivity contribution >= 4 is 17.9 Å². The molecule has 0 aromatic heterocycles. The zero-order chi connectivity index (χ0) is 13.2. The molecule has 1 atom stereocenters. The molecule has 3 heterocycles. The molecule has 0 saturated carbocycles. The zero-order valence-corrected chi connectivity index (χ0v) is 11.4. The fourth-order valence-electron chi connectivity index (χ4n) is 2.09. The third-order valence-corrected chi connectivity index (χ3v) is 3.55. The second kappa shape index (κ2) is 5.05. The van der Waals surface area contributed by atoms with Crippen LogP contribution in [0.15, 0.2) is 39.4 Å². The Kier molecular flexibility index (Phi) is 3.25. The number of rotatable bonds is 3. The van der Waals surface area contributed by atoms with Gasteiger partial charge in [0.05, 0.1) is 23.0 Å². The van der Waals surface area contributed by atoms with Crippen molar-refractivity contribution in [1.82, 2.24) is 21.0 Å². The van der Waals surface area contributed by atoms with Gasteiger partial charge in [-0.05, 0) is 6.08 Å². The molecular weight excluding hydrogens is 266 g/mol. The molecule has 19 heavy (non-hydrogen) atoms.